The van der Waals surface area contributed by atoms with Crippen LogP contribution < -0.4 is 16.8 Å². The van der Waals surface area contributed by atoms with Crippen molar-refractivity contribution in [2.75, 3.05) is 6.54 Å². The molecule has 0 spiro atoms. The number of primary amides is 1. The molecule has 2 rings (SSSR count). The highest BCUT2D eigenvalue weighted by Crippen LogP contribution is 2.37. The number of nitrogens with one attached hydrogen (secondary N) is 1. The van der Waals surface area contributed by atoms with Crippen molar-refractivity contribution in [1.29, 1.82) is 0 Å². The fourth-order valence-corrected chi connectivity index (χ4v) is 3.30. The number of nitrogens with two attached hydrogens (primary N) is 2. The van der Waals surface area contributed by atoms with Gasteiger partial charge in [-0.15, -0.1) is 0 Å². The Morgan fingerprint density at radius 1 is 1.22 bits per heavy atom. The first kappa shape index (κ1) is 13.3. The fraction of sp³-hybridized carbons (Fsp3) is 0.846. The highest BCUT2D eigenvalue weighted by molar-refractivity contribution is 5.82. The molecule has 5 heteroatoms. The minimum Gasteiger partial charge on any atom is -0.370 e. The van der Waals surface area contributed by atoms with Crippen LogP contribution in [-0.4, -0.2) is 23.9 Å². The minimum atomic E-state index is -0.356. The maximum absolute atomic E-state index is 12.3. The zero-order chi connectivity index (χ0) is 13.2. The van der Waals surface area contributed by atoms with Crippen LogP contribution in [0.3, 0.4) is 0 Å². The highest BCUT2D eigenvalue weighted by Gasteiger charge is 2.42. The number of carbonyl (C=O) groups is 2. The highest BCUT2D eigenvalue weighted by atomic mass is 16.2. The van der Waals surface area contributed by atoms with Crippen molar-refractivity contribution in [2.45, 2.75) is 50.5 Å². The summed E-state index contributed by atoms with van der Waals surface area (Å²) in [6.45, 7) is 0.570. The Kier molecular flexibility index (Phi) is 3.90. The van der Waals surface area contributed by atoms with Crippen LogP contribution in [0.4, 0.5) is 0 Å². The van der Waals surface area contributed by atoms with Gasteiger partial charge in [0.1, 0.15) is 0 Å². The first-order valence-corrected chi connectivity index (χ1v) is 6.87. The maximum atomic E-state index is 12.3. The predicted molar refractivity (Wildman–Crippen MR) is 68.4 cm³/mol. The van der Waals surface area contributed by atoms with Crippen LogP contribution in [0.2, 0.25) is 0 Å². The number of carbonyl (C=O) groups excluding carboxylic acids is 2. The summed E-state index contributed by atoms with van der Waals surface area (Å²) in [5.41, 5.74) is 10.6. The molecule has 0 unspecified atom stereocenters. The van der Waals surface area contributed by atoms with Gasteiger partial charge in [-0.25, -0.2) is 0 Å². The van der Waals surface area contributed by atoms with Gasteiger partial charge in [0.05, 0.1) is 0 Å². The standard InChI is InChI=1S/C13H23N3O2/c14-8-9-3-1-4-10(9)12(18)16-13(5-2-6-13)7-11(15)17/h9-10H,1-8,14H2,(H2,15,17)(H,16,18)/t9-,10-/m1/s1. The minimum absolute atomic E-state index is 0.0281. The lowest BCUT2D eigenvalue weighted by Crippen LogP contribution is -2.57. The lowest BCUT2D eigenvalue weighted by Gasteiger charge is -2.42. The molecule has 0 aromatic carbocycles. The Bertz CT molecular complexity index is 339. The number of rotatable bonds is 5. The lowest BCUT2D eigenvalue weighted by atomic mass is 9.73. The Morgan fingerprint density at radius 3 is 2.44 bits per heavy atom. The molecule has 0 aliphatic heterocycles. The van der Waals surface area contributed by atoms with E-state index in [1.54, 1.807) is 0 Å². The van der Waals surface area contributed by atoms with Gasteiger partial charge in [-0.1, -0.05) is 6.42 Å². The molecule has 102 valence electrons. The van der Waals surface area contributed by atoms with Crippen molar-refractivity contribution in [3.8, 4) is 0 Å². The van der Waals surface area contributed by atoms with Crippen LogP contribution in [0.25, 0.3) is 0 Å². The molecule has 0 heterocycles. The van der Waals surface area contributed by atoms with E-state index in [9.17, 15) is 9.59 Å². The molecule has 2 atom stereocenters. The maximum Gasteiger partial charge on any atom is 0.223 e. The second kappa shape index (κ2) is 5.26. The summed E-state index contributed by atoms with van der Waals surface area (Å²) in [5.74, 6) is 0.0664. The van der Waals surface area contributed by atoms with Gasteiger partial charge in [0.25, 0.3) is 0 Å². The molecule has 5 nitrogen and oxygen atoms in total. The van der Waals surface area contributed by atoms with E-state index in [0.717, 1.165) is 38.5 Å². The van der Waals surface area contributed by atoms with Crippen LogP contribution >= 0.6 is 0 Å². The zero-order valence-corrected chi connectivity index (χ0v) is 10.8. The summed E-state index contributed by atoms with van der Waals surface area (Å²) in [4.78, 5) is 23.4. The van der Waals surface area contributed by atoms with Crippen LogP contribution in [-0.2, 0) is 9.59 Å². The third-order valence-electron chi connectivity index (χ3n) is 4.51. The first-order chi connectivity index (χ1) is 8.56. The topological polar surface area (TPSA) is 98.2 Å². The van der Waals surface area contributed by atoms with Gasteiger partial charge in [-0.05, 0) is 44.6 Å². The first-order valence-electron chi connectivity index (χ1n) is 6.87. The van der Waals surface area contributed by atoms with Crippen molar-refractivity contribution in [1.82, 2.24) is 5.32 Å². The van der Waals surface area contributed by atoms with Gasteiger partial charge in [-0.2, -0.15) is 0 Å². The van der Waals surface area contributed by atoms with Gasteiger partial charge >= 0.3 is 0 Å². The molecule has 0 bridgehead atoms. The molecule has 2 fully saturated rings. The molecule has 2 aliphatic rings. The molecule has 18 heavy (non-hydrogen) atoms. The average molecular weight is 253 g/mol. The Labute approximate surface area is 108 Å². The Morgan fingerprint density at radius 2 is 1.94 bits per heavy atom. The van der Waals surface area contributed by atoms with E-state index in [4.69, 9.17) is 11.5 Å². The molecular formula is C13H23N3O2. The molecule has 2 amide bonds. The van der Waals surface area contributed by atoms with Crippen molar-refractivity contribution in [2.24, 2.45) is 23.3 Å². The van der Waals surface area contributed by atoms with Gasteiger partial charge in [-0.3, -0.25) is 9.59 Å². The Hall–Kier alpha value is -1.10. The smallest absolute Gasteiger partial charge is 0.223 e. The van der Waals surface area contributed by atoms with Crippen LogP contribution in [0.1, 0.15) is 44.9 Å². The second-order valence-electron chi connectivity index (χ2n) is 5.80. The van der Waals surface area contributed by atoms with Gasteiger partial charge < -0.3 is 16.8 Å². The molecule has 2 aliphatic carbocycles. The summed E-state index contributed by atoms with van der Waals surface area (Å²) in [5, 5.41) is 3.07. The summed E-state index contributed by atoms with van der Waals surface area (Å²) in [7, 11) is 0. The number of amides is 2. The van der Waals surface area contributed by atoms with Crippen molar-refractivity contribution in [3.05, 3.63) is 0 Å². The van der Waals surface area contributed by atoms with E-state index in [2.05, 4.69) is 5.32 Å². The van der Waals surface area contributed by atoms with Gasteiger partial charge in [0.2, 0.25) is 11.8 Å². The molecule has 0 aromatic heterocycles. The van der Waals surface area contributed by atoms with Gasteiger partial charge in [0, 0.05) is 17.9 Å². The normalized spacial score (nSPS) is 29.6. The third kappa shape index (κ3) is 2.66. The quantitative estimate of drug-likeness (QED) is 0.656. The van der Waals surface area contributed by atoms with Crippen LogP contribution in [0.5, 0.6) is 0 Å². The van der Waals surface area contributed by atoms with Crippen LogP contribution in [0, 0.1) is 11.8 Å². The third-order valence-corrected chi connectivity index (χ3v) is 4.51. The summed E-state index contributed by atoms with van der Waals surface area (Å²) in [6, 6.07) is 0. The number of hydrogen-bond donors (Lipinski definition) is 3. The van der Waals surface area contributed by atoms with Crippen molar-refractivity contribution >= 4 is 11.8 Å². The van der Waals surface area contributed by atoms with Crippen molar-refractivity contribution < 1.29 is 9.59 Å². The monoisotopic (exact) mass is 253 g/mol. The SMILES string of the molecule is NC[C@H]1CCC[C@H]1C(=O)NC1(CC(N)=O)CCC1. The van der Waals surface area contributed by atoms with Crippen LogP contribution in [0.15, 0.2) is 0 Å². The second-order valence-corrected chi connectivity index (χ2v) is 5.80. The molecule has 0 aromatic rings. The van der Waals surface area contributed by atoms with E-state index < -0.39 is 0 Å². The predicted octanol–water partition coefficient (Wildman–Crippen LogP) is 0.276. The van der Waals surface area contributed by atoms with E-state index >= 15 is 0 Å². The molecule has 5 N–H and O–H groups in total. The van der Waals surface area contributed by atoms with E-state index in [0.29, 0.717) is 12.5 Å². The number of hydrogen-bond acceptors (Lipinski definition) is 3. The Balaban J connectivity index is 1.95. The summed E-state index contributed by atoms with van der Waals surface area (Å²) >= 11 is 0. The van der Waals surface area contributed by atoms with E-state index in [1.165, 1.54) is 0 Å². The van der Waals surface area contributed by atoms with Gasteiger partial charge in [0.15, 0.2) is 0 Å². The summed E-state index contributed by atoms with van der Waals surface area (Å²) < 4.78 is 0. The zero-order valence-electron chi connectivity index (χ0n) is 10.8. The molecule has 0 saturated heterocycles. The van der Waals surface area contributed by atoms with E-state index in [1.807, 2.05) is 0 Å². The molecule has 2 saturated carbocycles. The average Bonchev–Trinajstić information content (AvgIpc) is 2.73. The van der Waals surface area contributed by atoms with E-state index in [-0.39, 0.29) is 29.7 Å². The molecular weight excluding hydrogens is 230 g/mol. The lowest BCUT2D eigenvalue weighted by molar-refractivity contribution is -0.130. The fourth-order valence-electron chi connectivity index (χ4n) is 3.30. The largest absolute Gasteiger partial charge is 0.370 e. The summed E-state index contributed by atoms with van der Waals surface area (Å²) in [6.07, 6.45) is 6.07. The molecule has 0 radical (unpaired) electrons. The van der Waals surface area contributed by atoms with Crippen molar-refractivity contribution in [3.63, 3.8) is 0 Å².